The molecule has 1 unspecified atom stereocenters. The van der Waals surface area contributed by atoms with Crippen LogP contribution in [0, 0.1) is 5.92 Å². The summed E-state index contributed by atoms with van der Waals surface area (Å²) in [6.45, 7) is 6.04. The third kappa shape index (κ3) is 6.38. The average Bonchev–Trinajstić information content (AvgIpc) is 3.21. The fourth-order valence-corrected chi connectivity index (χ4v) is 3.87. The van der Waals surface area contributed by atoms with E-state index in [0.29, 0.717) is 37.6 Å². The zero-order valence-corrected chi connectivity index (χ0v) is 17.4. The molecule has 3 rings (SSSR count). The molecule has 1 aromatic carbocycles. The number of amides is 2. The molecule has 2 fully saturated rings. The van der Waals surface area contributed by atoms with Crippen molar-refractivity contribution in [3.8, 4) is 5.75 Å². The van der Waals surface area contributed by atoms with Crippen LogP contribution in [-0.2, 0) is 4.79 Å². The summed E-state index contributed by atoms with van der Waals surface area (Å²) in [5.74, 6) is 1.63. The first-order valence-corrected chi connectivity index (χ1v) is 10.2. The first kappa shape index (κ1) is 22.5. The van der Waals surface area contributed by atoms with Crippen LogP contribution in [0.4, 0.5) is 0 Å². The van der Waals surface area contributed by atoms with Crippen LogP contribution in [0.25, 0.3) is 0 Å². The second-order valence-electron chi connectivity index (χ2n) is 7.49. The summed E-state index contributed by atoms with van der Waals surface area (Å²) in [7, 11) is 0. The highest BCUT2D eigenvalue weighted by atomic mass is 35.5. The van der Waals surface area contributed by atoms with E-state index < -0.39 is 0 Å². The number of rotatable bonds is 7. The van der Waals surface area contributed by atoms with Gasteiger partial charge in [-0.15, -0.1) is 12.4 Å². The Hall–Kier alpha value is -1.79. The van der Waals surface area contributed by atoms with Crippen molar-refractivity contribution in [3.63, 3.8) is 0 Å². The molecule has 0 radical (unpaired) electrons. The number of ether oxygens (including phenoxy) is 1. The molecule has 1 aromatic rings. The molecule has 0 aromatic heterocycles. The molecule has 0 aliphatic carbocycles. The van der Waals surface area contributed by atoms with Crippen molar-refractivity contribution in [2.75, 3.05) is 32.8 Å². The van der Waals surface area contributed by atoms with Gasteiger partial charge in [0.1, 0.15) is 5.75 Å². The van der Waals surface area contributed by atoms with E-state index in [1.165, 1.54) is 6.42 Å². The highest BCUT2D eigenvalue weighted by Gasteiger charge is 2.25. The summed E-state index contributed by atoms with van der Waals surface area (Å²) in [6.07, 6.45) is 4.39. The zero-order valence-electron chi connectivity index (χ0n) is 16.6. The number of benzene rings is 1. The van der Waals surface area contributed by atoms with E-state index in [4.69, 9.17) is 4.74 Å². The molecule has 6 nitrogen and oxygen atoms in total. The number of piperidine rings is 1. The van der Waals surface area contributed by atoms with Crippen molar-refractivity contribution in [2.24, 2.45) is 5.92 Å². The summed E-state index contributed by atoms with van der Waals surface area (Å²) in [5.41, 5.74) is 0.686. The number of likely N-dealkylation sites (tertiary alicyclic amines) is 1. The first-order chi connectivity index (χ1) is 13.2. The summed E-state index contributed by atoms with van der Waals surface area (Å²) in [4.78, 5) is 26.7. The SMILES string of the molecule is CCOc1ccc(C(=O)N2CCC(NC(=O)CCC3CCNC3)CC2)cc1.Cl. The number of hydrogen-bond acceptors (Lipinski definition) is 4. The number of hydrogen-bond donors (Lipinski definition) is 2. The minimum Gasteiger partial charge on any atom is -0.494 e. The monoisotopic (exact) mass is 409 g/mol. The molecule has 1 atom stereocenters. The predicted molar refractivity (Wildman–Crippen MR) is 112 cm³/mol. The maximum absolute atomic E-state index is 12.6. The highest BCUT2D eigenvalue weighted by molar-refractivity contribution is 5.94. The van der Waals surface area contributed by atoms with Crippen molar-refractivity contribution in [1.82, 2.24) is 15.5 Å². The van der Waals surface area contributed by atoms with Gasteiger partial charge in [0.25, 0.3) is 5.91 Å². The van der Waals surface area contributed by atoms with Gasteiger partial charge in [-0.3, -0.25) is 9.59 Å². The molecular weight excluding hydrogens is 378 g/mol. The molecule has 0 bridgehead atoms. The van der Waals surface area contributed by atoms with E-state index in [1.807, 2.05) is 36.1 Å². The Morgan fingerprint density at radius 2 is 1.89 bits per heavy atom. The van der Waals surface area contributed by atoms with Gasteiger partial charge in [0.2, 0.25) is 5.91 Å². The van der Waals surface area contributed by atoms with Crippen LogP contribution in [-0.4, -0.2) is 55.5 Å². The van der Waals surface area contributed by atoms with Crippen molar-refractivity contribution in [3.05, 3.63) is 29.8 Å². The molecule has 2 aliphatic rings. The van der Waals surface area contributed by atoms with Crippen LogP contribution in [0.15, 0.2) is 24.3 Å². The Morgan fingerprint density at radius 3 is 2.50 bits per heavy atom. The fourth-order valence-electron chi connectivity index (χ4n) is 3.87. The second kappa shape index (κ2) is 11.3. The average molecular weight is 410 g/mol. The number of nitrogens with zero attached hydrogens (tertiary/aromatic N) is 1. The minimum atomic E-state index is 0. The molecule has 28 heavy (non-hydrogen) atoms. The van der Waals surface area contributed by atoms with E-state index in [1.54, 1.807) is 0 Å². The van der Waals surface area contributed by atoms with Crippen LogP contribution >= 0.6 is 12.4 Å². The highest BCUT2D eigenvalue weighted by Crippen LogP contribution is 2.18. The lowest BCUT2D eigenvalue weighted by Crippen LogP contribution is -2.46. The number of halogens is 1. The number of nitrogens with one attached hydrogen (secondary N) is 2. The largest absolute Gasteiger partial charge is 0.494 e. The number of carbonyl (C=O) groups excluding carboxylic acids is 2. The summed E-state index contributed by atoms with van der Waals surface area (Å²) in [6, 6.07) is 7.49. The Labute approximate surface area is 173 Å². The second-order valence-corrected chi connectivity index (χ2v) is 7.49. The third-order valence-corrected chi connectivity index (χ3v) is 5.50. The zero-order chi connectivity index (χ0) is 19.1. The third-order valence-electron chi connectivity index (χ3n) is 5.50. The van der Waals surface area contributed by atoms with Crippen LogP contribution in [0.2, 0.25) is 0 Å². The van der Waals surface area contributed by atoms with E-state index in [9.17, 15) is 9.59 Å². The summed E-state index contributed by atoms with van der Waals surface area (Å²) < 4.78 is 5.42. The molecule has 7 heteroatoms. The van der Waals surface area contributed by atoms with E-state index in [-0.39, 0.29) is 30.3 Å². The Kier molecular flexibility index (Phi) is 9.06. The van der Waals surface area contributed by atoms with E-state index in [0.717, 1.165) is 38.1 Å². The Morgan fingerprint density at radius 1 is 1.18 bits per heavy atom. The lowest BCUT2D eigenvalue weighted by Gasteiger charge is -2.32. The van der Waals surface area contributed by atoms with Gasteiger partial charge in [-0.2, -0.15) is 0 Å². The van der Waals surface area contributed by atoms with Gasteiger partial charge in [0, 0.05) is 31.1 Å². The number of carbonyl (C=O) groups is 2. The van der Waals surface area contributed by atoms with Crippen molar-refractivity contribution in [1.29, 1.82) is 0 Å². The molecule has 0 saturated carbocycles. The molecule has 2 saturated heterocycles. The Balaban J connectivity index is 0.00000280. The standard InChI is InChI=1S/C21H31N3O3.ClH/c1-2-27-19-6-4-17(5-7-19)21(26)24-13-10-18(11-14-24)23-20(25)8-3-16-9-12-22-15-16;/h4-7,16,18,22H,2-3,8-15H2,1H3,(H,23,25);1H. The normalized spacial score (nSPS) is 19.8. The van der Waals surface area contributed by atoms with Gasteiger partial charge in [0.15, 0.2) is 0 Å². The lowest BCUT2D eigenvalue weighted by atomic mass is 10.0. The quantitative estimate of drug-likeness (QED) is 0.726. The minimum absolute atomic E-state index is 0. The van der Waals surface area contributed by atoms with E-state index >= 15 is 0 Å². The summed E-state index contributed by atoms with van der Waals surface area (Å²) >= 11 is 0. The summed E-state index contributed by atoms with van der Waals surface area (Å²) in [5, 5.41) is 6.49. The smallest absolute Gasteiger partial charge is 0.253 e. The molecule has 156 valence electrons. The van der Waals surface area contributed by atoms with E-state index in [2.05, 4.69) is 10.6 Å². The van der Waals surface area contributed by atoms with Gasteiger partial charge < -0.3 is 20.3 Å². The van der Waals surface area contributed by atoms with Crippen molar-refractivity contribution in [2.45, 2.75) is 45.1 Å². The Bertz CT molecular complexity index is 624. The van der Waals surface area contributed by atoms with Gasteiger partial charge in [-0.25, -0.2) is 0 Å². The molecule has 2 N–H and O–H groups in total. The topological polar surface area (TPSA) is 70.7 Å². The van der Waals surface area contributed by atoms with Crippen LogP contribution in [0.5, 0.6) is 5.75 Å². The maximum atomic E-state index is 12.6. The van der Waals surface area contributed by atoms with Gasteiger partial charge in [-0.1, -0.05) is 0 Å². The van der Waals surface area contributed by atoms with Gasteiger partial charge in [-0.05, 0) is 75.9 Å². The van der Waals surface area contributed by atoms with Crippen LogP contribution < -0.4 is 15.4 Å². The lowest BCUT2D eigenvalue weighted by molar-refractivity contribution is -0.122. The predicted octanol–water partition coefficient (Wildman–Crippen LogP) is 2.62. The van der Waals surface area contributed by atoms with Crippen molar-refractivity contribution < 1.29 is 14.3 Å². The molecular formula is C21H32ClN3O3. The van der Waals surface area contributed by atoms with Crippen molar-refractivity contribution >= 4 is 24.2 Å². The molecule has 0 spiro atoms. The van der Waals surface area contributed by atoms with Crippen LogP contribution in [0.3, 0.4) is 0 Å². The molecule has 2 amide bonds. The molecule has 2 heterocycles. The molecule has 2 aliphatic heterocycles. The first-order valence-electron chi connectivity index (χ1n) is 10.2. The fraction of sp³-hybridized carbons (Fsp3) is 0.619. The van der Waals surface area contributed by atoms with Crippen LogP contribution in [0.1, 0.15) is 49.4 Å². The van der Waals surface area contributed by atoms with Gasteiger partial charge >= 0.3 is 0 Å². The maximum Gasteiger partial charge on any atom is 0.253 e. The van der Waals surface area contributed by atoms with Gasteiger partial charge in [0.05, 0.1) is 6.61 Å².